The van der Waals surface area contributed by atoms with Crippen molar-refractivity contribution in [1.29, 1.82) is 0 Å². The van der Waals surface area contributed by atoms with Gasteiger partial charge in [-0.15, -0.1) is 6.42 Å². The standard InChI is InChI=1S/C22H24N6O2S/c1-5-14-13-23-20(25-21(14)24-19-12-18(26-27-19)15-9-10-15)16-7-6-8-17(11-16)31(29,30)28-22(2,3)4/h1,6-8,11-13,15,28H,9-10H2,2-4H3,(H2,23,24,25,26,27). The van der Waals surface area contributed by atoms with Crippen LogP contribution in [0.15, 0.2) is 41.4 Å². The molecule has 0 radical (unpaired) electrons. The van der Waals surface area contributed by atoms with Crippen LogP contribution in [0.3, 0.4) is 0 Å². The van der Waals surface area contributed by atoms with Crippen LogP contribution in [-0.2, 0) is 10.0 Å². The maximum absolute atomic E-state index is 12.7. The van der Waals surface area contributed by atoms with Crippen LogP contribution in [-0.4, -0.2) is 34.1 Å². The van der Waals surface area contributed by atoms with Crippen molar-refractivity contribution >= 4 is 21.7 Å². The maximum atomic E-state index is 12.7. The van der Waals surface area contributed by atoms with Gasteiger partial charge in [0.1, 0.15) is 5.82 Å². The summed E-state index contributed by atoms with van der Waals surface area (Å²) in [6.45, 7) is 5.37. The van der Waals surface area contributed by atoms with Gasteiger partial charge >= 0.3 is 0 Å². The molecule has 1 aliphatic carbocycles. The highest BCUT2D eigenvalue weighted by atomic mass is 32.2. The fourth-order valence-electron chi connectivity index (χ4n) is 3.10. The summed E-state index contributed by atoms with van der Waals surface area (Å²) < 4.78 is 28.1. The zero-order valence-electron chi connectivity index (χ0n) is 17.6. The summed E-state index contributed by atoms with van der Waals surface area (Å²) in [7, 11) is -3.69. The van der Waals surface area contributed by atoms with E-state index >= 15 is 0 Å². The number of H-pyrrole nitrogens is 1. The molecule has 0 atom stereocenters. The third-order valence-corrected chi connectivity index (χ3v) is 6.39. The molecule has 31 heavy (non-hydrogen) atoms. The van der Waals surface area contributed by atoms with E-state index in [2.05, 4.69) is 36.1 Å². The molecule has 0 saturated heterocycles. The number of hydrogen-bond acceptors (Lipinski definition) is 6. The predicted octanol–water partition coefficient (Wildman–Crippen LogP) is 3.55. The lowest BCUT2D eigenvalue weighted by Gasteiger charge is -2.20. The van der Waals surface area contributed by atoms with Crippen molar-refractivity contribution in [2.75, 3.05) is 5.32 Å². The largest absolute Gasteiger partial charge is 0.324 e. The van der Waals surface area contributed by atoms with Gasteiger partial charge in [-0.25, -0.2) is 23.1 Å². The third-order valence-electron chi connectivity index (χ3n) is 4.63. The van der Waals surface area contributed by atoms with Crippen molar-refractivity contribution in [1.82, 2.24) is 24.9 Å². The minimum Gasteiger partial charge on any atom is -0.324 e. The average Bonchev–Trinajstić information content (AvgIpc) is 3.45. The van der Waals surface area contributed by atoms with E-state index in [1.807, 2.05) is 6.07 Å². The molecule has 3 aromatic rings. The van der Waals surface area contributed by atoms with E-state index in [9.17, 15) is 8.42 Å². The van der Waals surface area contributed by atoms with Gasteiger partial charge in [-0.05, 0) is 45.7 Å². The van der Waals surface area contributed by atoms with Crippen molar-refractivity contribution in [3.63, 3.8) is 0 Å². The Morgan fingerprint density at radius 2 is 2.00 bits per heavy atom. The van der Waals surface area contributed by atoms with Crippen molar-refractivity contribution in [2.24, 2.45) is 0 Å². The van der Waals surface area contributed by atoms with Crippen LogP contribution in [0.25, 0.3) is 11.4 Å². The van der Waals surface area contributed by atoms with E-state index in [-0.39, 0.29) is 4.90 Å². The molecule has 0 spiro atoms. The first-order chi connectivity index (χ1) is 14.6. The molecule has 0 unspecified atom stereocenters. The van der Waals surface area contributed by atoms with Crippen LogP contribution in [0, 0.1) is 12.3 Å². The van der Waals surface area contributed by atoms with Gasteiger partial charge in [0.15, 0.2) is 11.6 Å². The van der Waals surface area contributed by atoms with Gasteiger partial charge in [0.05, 0.1) is 16.2 Å². The summed E-state index contributed by atoms with van der Waals surface area (Å²) in [5.74, 6) is 4.58. The summed E-state index contributed by atoms with van der Waals surface area (Å²) in [5, 5.41) is 10.5. The lowest BCUT2D eigenvalue weighted by Crippen LogP contribution is -2.40. The highest BCUT2D eigenvalue weighted by molar-refractivity contribution is 7.89. The molecule has 0 bridgehead atoms. The summed E-state index contributed by atoms with van der Waals surface area (Å²) in [6.07, 6.45) is 9.46. The van der Waals surface area contributed by atoms with Gasteiger partial charge < -0.3 is 5.32 Å². The first-order valence-corrected chi connectivity index (χ1v) is 11.4. The molecule has 2 aromatic heterocycles. The van der Waals surface area contributed by atoms with E-state index in [1.165, 1.54) is 12.3 Å². The number of benzene rings is 1. The van der Waals surface area contributed by atoms with Gasteiger partial charge in [-0.2, -0.15) is 5.10 Å². The number of hydrogen-bond donors (Lipinski definition) is 3. The minimum absolute atomic E-state index is 0.140. The lowest BCUT2D eigenvalue weighted by molar-refractivity contribution is 0.491. The van der Waals surface area contributed by atoms with Gasteiger partial charge in [0, 0.05) is 29.3 Å². The van der Waals surface area contributed by atoms with E-state index < -0.39 is 15.6 Å². The molecule has 2 heterocycles. The molecule has 1 aliphatic rings. The Bertz CT molecular complexity index is 1260. The van der Waals surface area contributed by atoms with Crippen molar-refractivity contribution in [3.05, 3.63) is 47.8 Å². The molecule has 0 aliphatic heterocycles. The molecule has 4 rings (SSSR count). The maximum Gasteiger partial charge on any atom is 0.241 e. The van der Waals surface area contributed by atoms with Crippen LogP contribution >= 0.6 is 0 Å². The molecule has 9 heteroatoms. The van der Waals surface area contributed by atoms with E-state index in [4.69, 9.17) is 6.42 Å². The second-order valence-electron chi connectivity index (χ2n) is 8.59. The second kappa shape index (κ2) is 7.80. The summed E-state index contributed by atoms with van der Waals surface area (Å²) in [5.41, 5.74) is 1.47. The highest BCUT2D eigenvalue weighted by Crippen LogP contribution is 2.39. The Kier molecular flexibility index (Phi) is 5.29. The van der Waals surface area contributed by atoms with Crippen molar-refractivity contribution in [2.45, 2.75) is 50.0 Å². The van der Waals surface area contributed by atoms with Gasteiger partial charge in [-0.1, -0.05) is 18.1 Å². The topological polar surface area (TPSA) is 113 Å². The molecular weight excluding hydrogens is 412 g/mol. The number of nitrogens with zero attached hydrogens (tertiary/aromatic N) is 3. The zero-order valence-corrected chi connectivity index (χ0v) is 18.4. The van der Waals surface area contributed by atoms with E-state index in [1.54, 1.807) is 39.0 Å². The quantitative estimate of drug-likeness (QED) is 0.510. The highest BCUT2D eigenvalue weighted by Gasteiger charge is 2.26. The molecule has 8 nitrogen and oxygen atoms in total. The predicted molar refractivity (Wildman–Crippen MR) is 119 cm³/mol. The van der Waals surface area contributed by atoms with Crippen LogP contribution in [0.5, 0.6) is 0 Å². The molecule has 1 saturated carbocycles. The SMILES string of the molecule is C#Cc1cnc(-c2cccc(S(=O)(=O)NC(C)(C)C)c2)nc1Nc1cc(C2CC2)n[nH]1. The van der Waals surface area contributed by atoms with Crippen LogP contribution in [0.2, 0.25) is 0 Å². The zero-order chi connectivity index (χ0) is 22.2. The van der Waals surface area contributed by atoms with Gasteiger partial charge in [0.25, 0.3) is 0 Å². The number of rotatable bonds is 6. The van der Waals surface area contributed by atoms with Gasteiger partial charge in [-0.3, -0.25) is 5.10 Å². The van der Waals surface area contributed by atoms with E-state index in [0.29, 0.717) is 34.5 Å². The second-order valence-corrected chi connectivity index (χ2v) is 10.3. The Hall–Kier alpha value is -3.22. The molecular formula is C22H24N6O2S. The summed E-state index contributed by atoms with van der Waals surface area (Å²) in [6, 6.07) is 8.45. The molecule has 1 aromatic carbocycles. The van der Waals surface area contributed by atoms with Gasteiger partial charge in [0.2, 0.25) is 10.0 Å². The molecule has 3 N–H and O–H groups in total. The number of anilines is 2. The lowest BCUT2D eigenvalue weighted by atomic mass is 10.1. The van der Waals surface area contributed by atoms with Crippen LogP contribution in [0.4, 0.5) is 11.6 Å². The fraction of sp³-hybridized carbons (Fsp3) is 0.318. The Morgan fingerprint density at radius 3 is 2.68 bits per heavy atom. The molecule has 1 fully saturated rings. The number of aromatic nitrogens is 4. The molecule has 0 amide bonds. The average molecular weight is 437 g/mol. The first kappa shape index (κ1) is 21.0. The smallest absolute Gasteiger partial charge is 0.241 e. The summed E-state index contributed by atoms with van der Waals surface area (Å²) in [4.78, 5) is 9.02. The van der Waals surface area contributed by atoms with Crippen molar-refractivity contribution < 1.29 is 8.42 Å². The normalized spacial score (nSPS) is 14.3. The minimum atomic E-state index is -3.69. The number of terminal acetylenes is 1. The number of aromatic amines is 1. The van der Waals surface area contributed by atoms with Crippen molar-refractivity contribution in [3.8, 4) is 23.7 Å². The third kappa shape index (κ3) is 4.93. The van der Waals surface area contributed by atoms with E-state index in [0.717, 1.165) is 18.5 Å². The van der Waals surface area contributed by atoms with Crippen LogP contribution < -0.4 is 10.0 Å². The molecule has 160 valence electrons. The Labute approximate surface area is 182 Å². The fourth-order valence-corrected chi connectivity index (χ4v) is 4.57. The van der Waals surface area contributed by atoms with Crippen LogP contribution in [0.1, 0.15) is 50.8 Å². The Balaban J connectivity index is 1.65. The monoisotopic (exact) mass is 436 g/mol. The first-order valence-electron chi connectivity index (χ1n) is 9.95. The number of nitrogens with one attached hydrogen (secondary N) is 3. The number of sulfonamides is 1. The Morgan fingerprint density at radius 1 is 1.23 bits per heavy atom. The summed E-state index contributed by atoms with van der Waals surface area (Å²) >= 11 is 0.